The van der Waals surface area contributed by atoms with Gasteiger partial charge in [0.2, 0.25) is 0 Å². The summed E-state index contributed by atoms with van der Waals surface area (Å²) in [5.41, 5.74) is 2.30. The van der Waals surface area contributed by atoms with Crippen molar-refractivity contribution in [3.8, 4) is 5.75 Å². The van der Waals surface area contributed by atoms with E-state index in [-0.39, 0.29) is 11.8 Å². The van der Waals surface area contributed by atoms with Gasteiger partial charge >= 0.3 is 0 Å². The molecule has 1 unspecified atom stereocenters. The van der Waals surface area contributed by atoms with Gasteiger partial charge in [0.05, 0.1) is 5.69 Å². The molecule has 0 bridgehead atoms. The van der Waals surface area contributed by atoms with Crippen molar-refractivity contribution in [1.29, 1.82) is 0 Å². The topological polar surface area (TPSA) is 49.9 Å². The number of ether oxygens (including phenoxy) is 1. The summed E-state index contributed by atoms with van der Waals surface area (Å²) in [5.74, 6) is 0.379. The molecule has 0 N–H and O–H groups in total. The minimum Gasteiger partial charge on any atom is -0.479 e. The van der Waals surface area contributed by atoms with Crippen molar-refractivity contribution in [3.63, 3.8) is 0 Å². The molecule has 2 amide bonds. The molecule has 1 aliphatic heterocycles. The Hall–Kier alpha value is -2.82. The van der Waals surface area contributed by atoms with Crippen LogP contribution in [0.2, 0.25) is 0 Å². The molecule has 0 spiro atoms. The molecule has 124 valence electrons. The zero-order chi connectivity index (χ0) is 17.3. The van der Waals surface area contributed by atoms with Crippen molar-refractivity contribution in [3.05, 3.63) is 59.7 Å². The third-order valence-corrected chi connectivity index (χ3v) is 4.16. The highest BCUT2D eigenvalue weighted by molar-refractivity contribution is 6.01. The summed E-state index contributed by atoms with van der Waals surface area (Å²) in [4.78, 5) is 27.8. The number of rotatable bonds is 3. The minimum absolute atomic E-state index is 0.0857. The summed E-state index contributed by atoms with van der Waals surface area (Å²) in [7, 11) is 3.48. The Morgan fingerprint density at radius 2 is 1.92 bits per heavy atom. The highest BCUT2D eigenvalue weighted by Crippen LogP contribution is 2.34. The van der Waals surface area contributed by atoms with Gasteiger partial charge in [-0.3, -0.25) is 9.59 Å². The Balaban J connectivity index is 1.81. The van der Waals surface area contributed by atoms with E-state index in [9.17, 15) is 9.59 Å². The molecule has 2 aromatic rings. The first-order chi connectivity index (χ1) is 11.5. The fourth-order valence-corrected chi connectivity index (χ4v) is 2.80. The van der Waals surface area contributed by atoms with Crippen molar-refractivity contribution in [2.75, 3.05) is 19.0 Å². The maximum absolute atomic E-state index is 12.7. The van der Waals surface area contributed by atoms with Crippen molar-refractivity contribution in [2.45, 2.75) is 19.6 Å². The minimum atomic E-state index is -0.546. The summed E-state index contributed by atoms with van der Waals surface area (Å²) in [6, 6.07) is 15.0. The van der Waals surface area contributed by atoms with Crippen LogP contribution in [0.25, 0.3) is 0 Å². The second-order valence-corrected chi connectivity index (χ2v) is 5.99. The van der Waals surface area contributed by atoms with Gasteiger partial charge in [0, 0.05) is 26.2 Å². The number of likely N-dealkylation sites (N-methyl/N-ethyl adjacent to an activating group) is 1. The van der Waals surface area contributed by atoms with Gasteiger partial charge in [0.15, 0.2) is 6.10 Å². The van der Waals surface area contributed by atoms with Crippen molar-refractivity contribution >= 4 is 17.5 Å². The SMILES string of the molecule is CC1Oc2cc(C(=O)N(C)Cc3ccccc3)ccc2N(C)C1=O. The van der Waals surface area contributed by atoms with E-state index in [1.807, 2.05) is 30.3 Å². The average Bonchev–Trinajstić information content (AvgIpc) is 2.59. The Labute approximate surface area is 141 Å². The van der Waals surface area contributed by atoms with Crippen molar-refractivity contribution < 1.29 is 14.3 Å². The molecule has 24 heavy (non-hydrogen) atoms. The summed E-state index contributed by atoms with van der Waals surface area (Å²) < 4.78 is 5.64. The number of hydrogen-bond acceptors (Lipinski definition) is 3. The van der Waals surface area contributed by atoms with Crippen LogP contribution in [-0.4, -0.2) is 36.9 Å². The van der Waals surface area contributed by atoms with Crippen molar-refractivity contribution in [1.82, 2.24) is 4.90 Å². The molecule has 0 saturated carbocycles. The average molecular weight is 324 g/mol. The first-order valence-corrected chi connectivity index (χ1v) is 7.85. The lowest BCUT2D eigenvalue weighted by atomic mass is 10.1. The largest absolute Gasteiger partial charge is 0.479 e. The Bertz CT molecular complexity index is 773. The summed E-state index contributed by atoms with van der Waals surface area (Å²) in [5, 5.41) is 0. The van der Waals surface area contributed by atoms with E-state index in [1.54, 1.807) is 49.0 Å². The van der Waals surface area contributed by atoms with Crippen LogP contribution in [0.15, 0.2) is 48.5 Å². The van der Waals surface area contributed by atoms with E-state index in [1.165, 1.54) is 0 Å². The normalized spacial score (nSPS) is 16.4. The smallest absolute Gasteiger partial charge is 0.267 e. The zero-order valence-corrected chi connectivity index (χ0v) is 14.0. The van der Waals surface area contributed by atoms with Gasteiger partial charge in [-0.2, -0.15) is 0 Å². The lowest BCUT2D eigenvalue weighted by Crippen LogP contribution is -2.42. The number of amides is 2. The number of benzene rings is 2. The molecule has 1 atom stereocenters. The molecule has 5 nitrogen and oxygen atoms in total. The van der Waals surface area contributed by atoms with Gasteiger partial charge < -0.3 is 14.5 Å². The van der Waals surface area contributed by atoms with Gasteiger partial charge in [0.1, 0.15) is 5.75 Å². The Morgan fingerprint density at radius 1 is 1.21 bits per heavy atom. The van der Waals surface area contributed by atoms with E-state index in [0.717, 1.165) is 5.56 Å². The maximum atomic E-state index is 12.7. The third-order valence-electron chi connectivity index (χ3n) is 4.16. The number of nitrogens with zero attached hydrogens (tertiary/aromatic N) is 2. The van der Waals surface area contributed by atoms with Crippen LogP contribution in [0.3, 0.4) is 0 Å². The standard InChI is InChI=1S/C19H20N2O3/c1-13-18(22)21(3)16-10-9-15(11-17(16)24-13)19(23)20(2)12-14-7-5-4-6-8-14/h4-11,13H,12H2,1-3H3. The third kappa shape index (κ3) is 2.97. The summed E-state index contributed by atoms with van der Waals surface area (Å²) in [6.07, 6.45) is -0.546. The number of carbonyl (C=O) groups excluding carboxylic acids is 2. The molecule has 5 heteroatoms. The molecule has 1 heterocycles. The zero-order valence-electron chi connectivity index (χ0n) is 14.0. The van der Waals surface area contributed by atoms with Crippen LogP contribution < -0.4 is 9.64 Å². The van der Waals surface area contributed by atoms with Gasteiger partial charge in [0.25, 0.3) is 11.8 Å². The molecular formula is C19H20N2O3. The van der Waals surface area contributed by atoms with Gasteiger partial charge in [-0.1, -0.05) is 30.3 Å². The predicted octanol–water partition coefficient (Wildman–Crippen LogP) is 2.70. The lowest BCUT2D eigenvalue weighted by Gasteiger charge is -2.30. The van der Waals surface area contributed by atoms with E-state index < -0.39 is 6.10 Å². The number of carbonyl (C=O) groups is 2. The first-order valence-electron chi connectivity index (χ1n) is 7.85. The van der Waals surface area contributed by atoms with E-state index in [4.69, 9.17) is 4.74 Å². The molecule has 0 saturated heterocycles. The lowest BCUT2D eigenvalue weighted by molar-refractivity contribution is -0.125. The molecule has 1 aliphatic rings. The summed E-state index contributed by atoms with van der Waals surface area (Å²) in [6.45, 7) is 2.24. The molecular weight excluding hydrogens is 304 g/mol. The second kappa shape index (κ2) is 6.35. The van der Waals surface area contributed by atoms with Crippen LogP contribution in [0.4, 0.5) is 5.69 Å². The molecule has 3 rings (SSSR count). The van der Waals surface area contributed by atoms with Gasteiger partial charge in [-0.15, -0.1) is 0 Å². The first kappa shape index (κ1) is 16.1. The van der Waals surface area contributed by atoms with E-state index in [0.29, 0.717) is 23.5 Å². The van der Waals surface area contributed by atoms with E-state index in [2.05, 4.69) is 0 Å². The van der Waals surface area contributed by atoms with Gasteiger partial charge in [-0.25, -0.2) is 0 Å². The van der Waals surface area contributed by atoms with Crippen LogP contribution in [-0.2, 0) is 11.3 Å². The van der Waals surface area contributed by atoms with Crippen LogP contribution in [0.1, 0.15) is 22.8 Å². The van der Waals surface area contributed by atoms with Gasteiger partial charge in [-0.05, 0) is 30.7 Å². The quantitative estimate of drug-likeness (QED) is 0.872. The fourth-order valence-electron chi connectivity index (χ4n) is 2.80. The highest BCUT2D eigenvalue weighted by atomic mass is 16.5. The molecule has 2 aromatic carbocycles. The number of hydrogen-bond donors (Lipinski definition) is 0. The highest BCUT2D eigenvalue weighted by Gasteiger charge is 2.29. The maximum Gasteiger partial charge on any atom is 0.267 e. The monoisotopic (exact) mass is 324 g/mol. The number of anilines is 1. The molecule has 0 radical (unpaired) electrons. The predicted molar refractivity (Wildman–Crippen MR) is 92.2 cm³/mol. The number of fused-ring (bicyclic) bond motifs is 1. The molecule has 0 aromatic heterocycles. The van der Waals surface area contributed by atoms with Crippen LogP contribution in [0.5, 0.6) is 5.75 Å². The summed E-state index contributed by atoms with van der Waals surface area (Å²) >= 11 is 0. The molecule has 0 fully saturated rings. The van der Waals surface area contributed by atoms with Crippen LogP contribution >= 0.6 is 0 Å². The Morgan fingerprint density at radius 3 is 2.62 bits per heavy atom. The fraction of sp³-hybridized carbons (Fsp3) is 0.263. The van der Waals surface area contributed by atoms with Crippen molar-refractivity contribution in [2.24, 2.45) is 0 Å². The molecule has 0 aliphatic carbocycles. The Kier molecular flexibility index (Phi) is 4.25. The van der Waals surface area contributed by atoms with Crippen LogP contribution in [0, 0.1) is 0 Å². The van der Waals surface area contributed by atoms with E-state index >= 15 is 0 Å². The second-order valence-electron chi connectivity index (χ2n) is 5.99.